The smallest absolute Gasteiger partial charge is 0.331 e. The molecular weight excluding hydrogens is 310 g/mol. The fraction of sp³-hybridized carbons (Fsp3) is 0.667. The average Bonchev–Trinajstić information content (AvgIpc) is 3.14. The molecule has 2 aliphatic rings. The Labute approximate surface area is 141 Å². The molecule has 1 fully saturated rings. The minimum Gasteiger partial charge on any atom is -0.467 e. The van der Waals surface area contributed by atoms with E-state index in [4.69, 9.17) is 4.74 Å². The number of amides is 1. The third-order valence-electron chi connectivity index (χ3n) is 5.11. The van der Waals surface area contributed by atoms with Gasteiger partial charge in [-0.2, -0.15) is 0 Å². The Hall–Kier alpha value is -1.36. The van der Waals surface area contributed by atoms with Gasteiger partial charge in [-0.3, -0.25) is 4.79 Å². The van der Waals surface area contributed by atoms with Crippen molar-refractivity contribution in [1.29, 1.82) is 0 Å². The summed E-state index contributed by atoms with van der Waals surface area (Å²) in [6, 6.07) is 2.04. The second-order valence-electron chi connectivity index (χ2n) is 6.71. The molecule has 0 aliphatic heterocycles. The Morgan fingerprint density at radius 1 is 1.09 bits per heavy atom. The Morgan fingerprint density at radius 2 is 1.78 bits per heavy atom. The summed E-state index contributed by atoms with van der Waals surface area (Å²) in [6.07, 6.45) is 10.4. The molecule has 0 spiro atoms. The van der Waals surface area contributed by atoms with Gasteiger partial charge >= 0.3 is 5.97 Å². The Balaban J connectivity index is 1.77. The average molecular weight is 335 g/mol. The topological polar surface area (TPSA) is 55.4 Å². The van der Waals surface area contributed by atoms with E-state index >= 15 is 0 Å². The fourth-order valence-electron chi connectivity index (χ4n) is 3.79. The quantitative estimate of drug-likeness (QED) is 0.858. The molecule has 0 saturated heterocycles. The zero-order valence-electron chi connectivity index (χ0n) is 13.8. The molecule has 0 radical (unpaired) electrons. The lowest BCUT2D eigenvalue weighted by atomic mass is 9.97. The van der Waals surface area contributed by atoms with Crippen molar-refractivity contribution in [2.24, 2.45) is 0 Å². The number of rotatable bonds is 3. The SMILES string of the molecule is COC(=O)C1(NC(=O)c2cc3c(s2)CCCCCC3)CCCC1. The molecule has 2 aliphatic carbocycles. The van der Waals surface area contributed by atoms with E-state index in [1.165, 1.54) is 43.2 Å². The van der Waals surface area contributed by atoms with Crippen molar-refractivity contribution in [3.63, 3.8) is 0 Å². The number of ether oxygens (including phenoxy) is 1. The van der Waals surface area contributed by atoms with Crippen LogP contribution in [-0.4, -0.2) is 24.5 Å². The number of nitrogens with one attached hydrogen (secondary N) is 1. The molecule has 1 aromatic heterocycles. The van der Waals surface area contributed by atoms with E-state index in [0.717, 1.165) is 30.6 Å². The van der Waals surface area contributed by atoms with E-state index in [-0.39, 0.29) is 11.9 Å². The first-order valence-corrected chi connectivity index (χ1v) is 9.49. The standard InChI is InChI=1S/C18H25NO3S/c1-22-17(21)18(10-6-7-11-18)19-16(20)15-12-13-8-4-2-3-5-9-14(13)23-15/h12H,2-11H2,1H3,(H,19,20). The van der Waals surface area contributed by atoms with Crippen LogP contribution in [0.4, 0.5) is 0 Å². The number of carbonyl (C=O) groups is 2. The second-order valence-corrected chi connectivity index (χ2v) is 7.84. The summed E-state index contributed by atoms with van der Waals surface area (Å²) in [7, 11) is 1.39. The van der Waals surface area contributed by atoms with Crippen LogP contribution >= 0.6 is 11.3 Å². The van der Waals surface area contributed by atoms with Crippen LogP contribution in [0.2, 0.25) is 0 Å². The predicted molar refractivity (Wildman–Crippen MR) is 90.9 cm³/mol. The lowest BCUT2D eigenvalue weighted by Crippen LogP contribution is -2.53. The molecule has 1 amide bonds. The summed E-state index contributed by atoms with van der Waals surface area (Å²) in [5.74, 6) is -0.424. The highest BCUT2D eigenvalue weighted by Crippen LogP contribution is 2.33. The molecule has 1 heterocycles. The number of aryl methyl sites for hydroxylation is 2. The second kappa shape index (κ2) is 7.04. The van der Waals surface area contributed by atoms with Gasteiger partial charge in [0.25, 0.3) is 5.91 Å². The maximum Gasteiger partial charge on any atom is 0.331 e. The zero-order valence-corrected chi connectivity index (χ0v) is 14.6. The van der Waals surface area contributed by atoms with Crippen molar-refractivity contribution in [1.82, 2.24) is 5.32 Å². The fourth-order valence-corrected chi connectivity index (χ4v) is 4.94. The lowest BCUT2D eigenvalue weighted by Gasteiger charge is -2.26. The Bertz CT molecular complexity index is 562. The van der Waals surface area contributed by atoms with Crippen molar-refractivity contribution in [3.8, 4) is 0 Å². The van der Waals surface area contributed by atoms with Gasteiger partial charge in [0.05, 0.1) is 12.0 Å². The van der Waals surface area contributed by atoms with E-state index in [1.54, 1.807) is 11.3 Å². The first-order chi connectivity index (χ1) is 11.1. The van der Waals surface area contributed by atoms with Gasteiger partial charge in [0.15, 0.2) is 0 Å². The van der Waals surface area contributed by atoms with Gasteiger partial charge in [-0.25, -0.2) is 4.79 Å². The largest absolute Gasteiger partial charge is 0.467 e. The van der Waals surface area contributed by atoms with Crippen LogP contribution in [0.25, 0.3) is 0 Å². The highest BCUT2D eigenvalue weighted by molar-refractivity contribution is 7.14. The monoisotopic (exact) mass is 335 g/mol. The normalized spacial score (nSPS) is 20.2. The van der Waals surface area contributed by atoms with E-state index in [9.17, 15) is 9.59 Å². The van der Waals surface area contributed by atoms with Gasteiger partial charge in [-0.1, -0.05) is 25.7 Å². The van der Waals surface area contributed by atoms with Gasteiger partial charge in [-0.15, -0.1) is 11.3 Å². The number of esters is 1. The number of hydrogen-bond acceptors (Lipinski definition) is 4. The van der Waals surface area contributed by atoms with Crippen LogP contribution < -0.4 is 5.32 Å². The molecule has 0 atom stereocenters. The number of hydrogen-bond donors (Lipinski definition) is 1. The van der Waals surface area contributed by atoms with Gasteiger partial charge in [0.2, 0.25) is 0 Å². The van der Waals surface area contributed by atoms with Crippen molar-refractivity contribution in [3.05, 3.63) is 21.4 Å². The minimum atomic E-state index is -0.815. The van der Waals surface area contributed by atoms with Crippen molar-refractivity contribution < 1.29 is 14.3 Å². The molecule has 1 N–H and O–H groups in total. The van der Waals surface area contributed by atoms with Crippen LogP contribution in [0.3, 0.4) is 0 Å². The minimum absolute atomic E-state index is 0.117. The predicted octanol–water partition coefficient (Wildman–Crippen LogP) is 3.62. The van der Waals surface area contributed by atoms with Crippen molar-refractivity contribution in [2.75, 3.05) is 7.11 Å². The highest BCUT2D eigenvalue weighted by atomic mass is 32.1. The van der Waals surface area contributed by atoms with Crippen LogP contribution in [0.1, 0.15) is 71.5 Å². The molecule has 1 aromatic rings. The summed E-state index contributed by atoms with van der Waals surface area (Å²) in [4.78, 5) is 27.0. The van der Waals surface area contributed by atoms with Gasteiger partial charge in [0, 0.05) is 4.88 Å². The van der Waals surface area contributed by atoms with Crippen molar-refractivity contribution in [2.45, 2.75) is 69.7 Å². The molecule has 5 heteroatoms. The molecular formula is C18H25NO3S. The maximum absolute atomic E-state index is 12.7. The third kappa shape index (κ3) is 3.44. The van der Waals surface area contributed by atoms with E-state index < -0.39 is 5.54 Å². The maximum atomic E-state index is 12.7. The number of carbonyl (C=O) groups excluding carboxylic acids is 2. The molecule has 126 valence electrons. The number of thiophene rings is 1. The number of fused-ring (bicyclic) bond motifs is 1. The Morgan fingerprint density at radius 3 is 2.48 bits per heavy atom. The van der Waals surface area contributed by atoms with Crippen LogP contribution in [0, 0.1) is 0 Å². The Kier molecular flexibility index (Phi) is 5.05. The molecule has 1 saturated carbocycles. The van der Waals surface area contributed by atoms with Gasteiger partial charge in [0.1, 0.15) is 5.54 Å². The lowest BCUT2D eigenvalue weighted by molar-refractivity contribution is -0.148. The number of methoxy groups -OCH3 is 1. The van der Waals surface area contributed by atoms with Crippen LogP contribution in [0.15, 0.2) is 6.07 Å². The summed E-state index contributed by atoms with van der Waals surface area (Å²) >= 11 is 1.60. The molecule has 0 aromatic carbocycles. The van der Waals surface area contributed by atoms with Gasteiger partial charge < -0.3 is 10.1 Å². The molecule has 3 rings (SSSR count). The molecule has 0 bridgehead atoms. The van der Waals surface area contributed by atoms with Crippen LogP contribution in [-0.2, 0) is 22.4 Å². The zero-order chi connectivity index (χ0) is 16.3. The van der Waals surface area contributed by atoms with E-state index in [2.05, 4.69) is 5.32 Å². The molecule has 0 unspecified atom stereocenters. The van der Waals surface area contributed by atoms with E-state index in [1.807, 2.05) is 6.07 Å². The van der Waals surface area contributed by atoms with Crippen LogP contribution in [0.5, 0.6) is 0 Å². The van der Waals surface area contributed by atoms with Crippen molar-refractivity contribution >= 4 is 23.2 Å². The van der Waals surface area contributed by atoms with E-state index in [0.29, 0.717) is 12.8 Å². The first-order valence-electron chi connectivity index (χ1n) is 8.67. The third-order valence-corrected chi connectivity index (χ3v) is 6.34. The first kappa shape index (κ1) is 16.5. The summed E-state index contributed by atoms with van der Waals surface area (Å²) in [6.45, 7) is 0. The summed E-state index contributed by atoms with van der Waals surface area (Å²) < 4.78 is 4.94. The highest BCUT2D eigenvalue weighted by Gasteiger charge is 2.43. The molecule has 4 nitrogen and oxygen atoms in total. The summed E-state index contributed by atoms with van der Waals surface area (Å²) in [5.41, 5.74) is 0.516. The molecule has 23 heavy (non-hydrogen) atoms. The summed E-state index contributed by atoms with van der Waals surface area (Å²) in [5, 5.41) is 3.00. The van der Waals surface area contributed by atoms with Gasteiger partial charge in [-0.05, 0) is 50.2 Å².